The van der Waals surface area contributed by atoms with Crippen LogP contribution < -0.4 is 5.73 Å². The zero-order valence-electron chi connectivity index (χ0n) is 9.20. The Morgan fingerprint density at radius 2 is 1.82 bits per heavy atom. The highest BCUT2D eigenvalue weighted by atomic mass is 19.4. The number of rotatable bonds is 2. The van der Waals surface area contributed by atoms with Crippen molar-refractivity contribution in [1.82, 2.24) is 0 Å². The highest BCUT2D eigenvalue weighted by molar-refractivity contribution is 5.26. The van der Waals surface area contributed by atoms with Gasteiger partial charge in [-0.05, 0) is 30.5 Å². The molecule has 1 heterocycles. The average Bonchev–Trinajstić information content (AvgIpc) is 2.76. The fourth-order valence-electron chi connectivity index (χ4n) is 2.01. The topological polar surface area (TPSA) is 35.2 Å². The predicted octanol–water partition coefficient (Wildman–Crippen LogP) is 2.88. The average molecular weight is 245 g/mol. The summed E-state index contributed by atoms with van der Waals surface area (Å²) in [6, 6.07) is 5.14. The van der Waals surface area contributed by atoms with Crippen molar-refractivity contribution < 1.29 is 17.9 Å². The maximum Gasteiger partial charge on any atom is 0.416 e. The van der Waals surface area contributed by atoms with Crippen LogP contribution in [-0.4, -0.2) is 12.6 Å². The van der Waals surface area contributed by atoms with Gasteiger partial charge in [0.25, 0.3) is 0 Å². The third-order valence-corrected chi connectivity index (χ3v) is 2.98. The first kappa shape index (κ1) is 12.4. The van der Waals surface area contributed by atoms with E-state index < -0.39 is 11.7 Å². The summed E-state index contributed by atoms with van der Waals surface area (Å²) in [4.78, 5) is 0. The monoisotopic (exact) mass is 245 g/mol. The second-order valence-corrected chi connectivity index (χ2v) is 4.18. The third-order valence-electron chi connectivity index (χ3n) is 2.98. The molecule has 0 saturated carbocycles. The van der Waals surface area contributed by atoms with Gasteiger partial charge in [-0.1, -0.05) is 12.1 Å². The van der Waals surface area contributed by atoms with E-state index >= 15 is 0 Å². The van der Waals surface area contributed by atoms with Gasteiger partial charge in [0.1, 0.15) is 0 Å². The molecule has 1 aliphatic rings. The van der Waals surface area contributed by atoms with E-state index in [-0.39, 0.29) is 12.2 Å². The van der Waals surface area contributed by atoms with Gasteiger partial charge in [0.05, 0.1) is 17.8 Å². The van der Waals surface area contributed by atoms with Crippen molar-refractivity contribution in [3.63, 3.8) is 0 Å². The second kappa shape index (κ2) is 4.66. The van der Waals surface area contributed by atoms with Crippen molar-refractivity contribution in [2.45, 2.75) is 31.2 Å². The second-order valence-electron chi connectivity index (χ2n) is 4.18. The molecule has 1 aromatic carbocycles. The highest BCUT2D eigenvalue weighted by Crippen LogP contribution is 2.34. The molecule has 0 aromatic heterocycles. The van der Waals surface area contributed by atoms with Crippen molar-refractivity contribution in [2.75, 3.05) is 6.54 Å². The van der Waals surface area contributed by atoms with E-state index in [1.54, 1.807) is 0 Å². The molecular weight excluding hydrogens is 231 g/mol. The van der Waals surface area contributed by atoms with Crippen molar-refractivity contribution in [2.24, 2.45) is 5.73 Å². The van der Waals surface area contributed by atoms with Gasteiger partial charge in [-0.25, -0.2) is 0 Å². The molecule has 1 saturated heterocycles. The molecule has 1 aromatic rings. The Kier molecular flexibility index (Phi) is 3.40. The smallest absolute Gasteiger partial charge is 0.369 e. The van der Waals surface area contributed by atoms with Gasteiger partial charge < -0.3 is 10.5 Å². The first-order valence-electron chi connectivity index (χ1n) is 5.53. The maximum absolute atomic E-state index is 12.4. The number of nitrogens with two attached hydrogens (primary N) is 1. The van der Waals surface area contributed by atoms with E-state index in [1.165, 1.54) is 12.1 Å². The molecule has 2 N–H and O–H groups in total. The van der Waals surface area contributed by atoms with E-state index in [0.717, 1.165) is 30.5 Å². The number of halogens is 3. The first-order chi connectivity index (χ1) is 8.00. The lowest BCUT2D eigenvalue weighted by atomic mass is 10.0. The first-order valence-corrected chi connectivity index (χ1v) is 5.53. The van der Waals surface area contributed by atoms with Crippen LogP contribution in [0.1, 0.15) is 30.1 Å². The lowest BCUT2D eigenvalue weighted by Gasteiger charge is -2.13. The zero-order chi connectivity index (χ0) is 12.5. The summed E-state index contributed by atoms with van der Waals surface area (Å²) >= 11 is 0. The van der Waals surface area contributed by atoms with Crippen LogP contribution in [0, 0.1) is 0 Å². The standard InChI is InChI=1S/C12H14F3NO/c13-12(14,15)9-3-1-8(2-4-9)11-6-5-10(7-16)17-11/h1-4,10-11H,5-7,16H2/t10-,11?/m1/s1. The van der Waals surface area contributed by atoms with Crippen LogP contribution in [-0.2, 0) is 10.9 Å². The molecule has 0 spiro atoms. The van der Waals surface area contributed by atoms with Crippen molar-refractivity contribution in [3.05, 3.63) is 35.4 Å². The number of hydrogen-bond acceptors (Lipinski definition) is 2. The third kappa shape index (κ3) is 2.79. The van der Waals surface area contributed by atoms with Crippen molar-refractivity contribution in [3.8, 4) is 0 Å². The Labute approximate surface area is 97.6 Å². The van der Waals surface area contributed by atoms with Gasteiger partial charge in [-0.3, -0.25) is 0 Å². The van der Waals surface area contributed by atoms with Crippen LogP contribution in [0.5, 0.6) is 0 Å². The molecule has 1 unspecified atom stereocenters. The van der Waals surface area contributed by atoms with Gasteiger partial charge in [0.15, 0.2) is 0 Å². The fraction of sp³-hybridized carbons (Fsp3) is 0.500. The van der Waals surface area contributed by atoms with Crippen molar-refractivity contribution in [1.29, 1.82) is 0 Å². The summed E-state index contributed by atoms with van der Waals surface area (Å²) in [5.74, 6) is 0. The number of ether oxygens (including phenoxy) is 1. The quantitative estimate of drug-likeness (QED) is 0.869. The lowest BCUT2D eigenvalue weighted by Crippen LogP contribution is -2.18. The minimum absolute atomic E-state index is 0.0299. The van der Waals surface area contributed by atoms with Gasteiger partial charge in [-0.15, -0.1) is 0 Å². The van der Waals surface area contributed by atoms with Crippen LogP contribution in [0.2, 0.25) is 0 Å². The van der Waals surface area contributed by atoms with Crippen LogP contribution in [0.3, 0.4) is 0 Å². The Hall–Kier alpha value is -1.07. The molecule has 0 amide bonds. The van der Waals surface area contributed by atoms with Crippen LogP contribution in [0.25, 0.3) is 0 Å². The van der Waals surface area contributed by atoms with Gasteiger partial charge in [0.2, 0.25) is 0 Å². The van der Waals surface area contributed by atoms with E-state index in [2.05, 4.69) is 0 Å². The van der Waals surface area contributed by atoms with Crippen LogP contribution >= 0.6 is 0 Å². The Balaban J connectivity index is 2.09. The van der Waals surface area contributed by atoms with Crippen LogP contribution in [0.15, 0.2) is 24.3 Å². The molecule has 94 valence electrons. The molecule has 1 fully saturated rings. The lowest BCUT2D eigenvalue weighted by molar-refractivity contribution is -0.137. The number of benzene rings is 1. The normalized spacial score (nSPS) is 25.2. The molecule has 0 radical (unpaired) electrons. The summed E-state index contributed by atoms with van der Waals surface area (Å²) in [5.41, 5.74) is 5.64. The minimum Gasteiger partial charge on any atom is -0.369 e. The molecular formula is C12H14F3NO. The molecule has 1 aliphatic heterocycles. The van der Waals surface area contributed by atoms with Gasteiger partial charge >= 0.3 is 6.18 Å². The van der Waals surface area contributed by atoms with Gasteiger partial charge in [0, 0.05) is 6.54 Å². The maximum atomic E-state index is 12.4. The molecule has 2 rings (SSSR count). The Morgan fingerprint density at radius 1 is 1.18 bits per heavy atom. The summed E-state index contributed by atoms with van der Waals surface area (Å²) in [5, 5.41) is 0. The molecule has 5 heteroatoms. The predicted molar refractivity (Wildman–Crippen MR) is 57.3 cm³/mol. The largest absolute Gasteiger partial charge is 0.416 e. The number of hydrogen-bond donors (Lipinski definition) is 1. The SMILES string of the molecule is NC[C@H]1CCC(c2ccc(C(F)(F)F)cc2)O1. The Bertz CT molecular complexity index is 374. The summed E-state index contributed by atoms with van der Waals surface area (Å²) in [6.45, 7) is 0.455. The molecule has 2 nitrogen and oxygen atoms in total. The molecule has 17 heavy (non-hydrogen) atoms. The van der Waals surface area contributed by atoms with E-state index in [0.29, 0.717) is 6.54 Å². The van der Waals surface area contributed by atoms with E-state index in [1.807, 2.05) is 0 Å². The summed E-state index contributed by atoms with van der Waals surface area (Å²) in [6.07, 6.45) is -2.70. The highest BCUT2D eigenvalue weighted by Gasteiger charge is 2.31. The van der Waals surface area contributed by atoms with E-state index in [4.69, 9.17) is 10.5 Å². The van der Waals surface area contributed by atoms with E-state index in [9.17, 15) is 13.2 Å². The van der Waals surface area contributed by atoms with Crippen molar-refractivity contribution >= 4 is 0 Å². The number of alkyl halides is 3. The minimum atomic E-state index is -4.28. The fourth-order valence-corrected chi connectivity index (χ4v) is 2.01. The van der Waals surface area contributed by atoms with Crippen LogP contribution in [0.4, 0.5) is 13.2 Å². The summed E-state index contributed by atoms with van der Waals surface area (Å²) < 4.78 is 42.7. The summed E-state index contributed by atoms with van der Waals surface area (Å²) in [7, 11) is 0. The molecule has 2 atom stereocenters. The molecule has 0 aliphatic carbocycles. The zero-order valence-corrected chi connectivity index (χ0v) is 9.20. The van der Waals surface area contributed by atoms with Gasteiger partial charge in [-0.2, -0.15) is 13.2 Å². The Morgan fingerprint density at radius 3 is 2.29 bits per heavy atom. The molecule has 0 bridgehead atoms.